The molecular formula is C14H16N4O. The van der Waals surface area contributed by atoms with Crippen molar-refractivity contribution in [3.05, 3.63) is 53.2 Å². The van der Waals surface area contributed by atoms with Gasteiger partial charge in [0, 0.05) is 6.54 Å². The number of hydrogen-bond donors (Lipinski definition) is 2. The molecule has 0 saturated carbocycles. The van der Waals surface area contributed by atoms with Crippen LogP contribution >= 0.6 is 0 Å². The van der Waals surface area contributed by atoms with Gasteiger partial charge in [-0.1, -0.05) is 31.2 Å². The van der Waals surface area contributed by atoms with E-state index in [9.17, 15) is 4.79 Å². The number of hydrogen-bond acceptors (Lipinski definition) is 4. The Morgan fingerprint density at radius 1 is 1.16 bits per heavy atom. The molecule has 5 heteroatoms. The van der Waals surface area contributed by atoms with Crippen molar-refractivity contribution in [1.29, 1.82) is 0 Å². The van der Waals surface area contributed by atoms with E-state index in [-0.39, 0.29) is 5.69 Å². The zero-order valence-corrected chi connectivity index (χ0v) is 10.8. The van der Waals surface area contributed by atoms with Gasteiger partial charge in [-0.15, -0.1) is 10.2 Å². The van der Waals surface area contributed by atoms with Crippen LogP contribution < -0.4 is 11.1 Å². The Morgan fingerprint density at radius 3 is 2.47 bits per heavy atom. The summed E-state index contributed by atoms with van der Waals surface area (Å²) in [7, 11) is 0. The molecule has 19 heavy (non-hydrogen) atoms. The van der Waals surface area contributed by atoms with E-state index >= 15 is 0 Å². The van der Waals surface area contributed by atoms with Crippen molar-refractivity contribution < 1.29 is 4.79 Å². The third-order valence-electron chi connectivity index (χ3n) is 2.88. The SMILES string of the molecule is CCc1ccccc1CNc1ccc(C(N)=O)nn1. The Labute approximate surface area is 111 Å². The van der Waals surface area contributed by atoms with E-state index in [1.807, 2.05) is 12.1 Å². The summed E-state index contributed by atoms with van der Waals surface area (Å²) < 4.78 is 0. The van der Waals surface area contributed by atoms with Crippen molar-refractivity contribution in [2.75, 3.05) is 5.32 Å². The van der Waals surface area contributed by atoms with Crippen LogP contribution in [-0.4, -0.2) is 16.1 Å². The van der Waals surface area contributed by atoms with Gasteiger partial charge < -0.3 is 11.1 Å². The van der Waals surface area contributed by atoms with Crippen molar-refractivity contribution in [2.24, 2.45) is 5.73 Å². The van der Waals surface area contributed by atoms with E-state index < -0.39 is 5.91 Å². The van der Waals surface area contributed by atoms with Gasteiger partial charge >= 0.3 is 0 Å². The minimum atomic E-state index is -0.574. The van der Waals surface area contributed by atoms with Crippen LogP contribution in [0.3, 0.4) is 0 Å². The second-order valence-corrected chi connectivity index (χ2v) is 4.14. The van der Waals surface area contributed by atoms with Gasteiger partial charge in [-0.2, -0.15) is 0 Å². The number of nitrogens with one attached hydrogen (secondary N) is 1. The monoisotopic (exact) mass is 256 g/mol. The second kappa shape index (κ2) is 5.95. The average Bonchev–Trinajstić information content (AvgIpc) is 2.45. The smallest absolute Gasteiger partial charge is 0.269 e. The standard InChI is InChI=1S/C14H16N4O/c1-2-10-5-3-4-6-11(10)9-16-13-8-7-12(14(15)19)17-18-13/h3-8H,2,9H2,1H3,(H2,15,19)(H,16,18). The minimum Gasteiger partial charge on any atom is -0.364 e. The zero-order chi connectivity index (χ0) is 13.7. The van der Waals surface area contributed by atoms with Crippen LogP contribution in [0.25, 0.3) is 0 Å². The van der Waals surface area contributed by atoms with E-state index in [4.69, 9.17) is 5.73 Å². The first-order chi connectivity index (χ1) is 9.20. The first-order valence-electron chi connectivity index (χ1n) is 6.15. The molecule has 1 aromatic carbocycles. The zero-order valence-electron chi connectivity index (χ0n) is 10.8. The number of rotatable bonds is 5. The molecule has 0 saturated heterocycles. The number of anilines is 1. The molecule has 0 unspecified atom stereocenters. The summed E-state index contributed by atoms with van der Waals surface area (Å²) in [6, 6.07) is 11.5. The number of amides is 1. The predicted molar refractivity (Wildman–Crippen MR) is 73.7 cm³/mol. The molecule has 0 bridgehead atoms. The van der Waals surface area contributed by atoms with Gasteiger partial charge in [0.1, 0.15) is 5.82 Å². The van der Waals surface area contributed by atoms with Crippen molar-refractivity contribution >= 4 is 11.7 Å². The van der Waals surface area contributed by atoms with Crippen molar-refractivity contribution in [3.8, 4) is 0 Å². The van der Waals surface area contributed by atoms with Crippen LogP contribution in [0, 0.1) is 0 Å². The highest BCUT2D eigenvalue weighted by Gasteiger charge is 2.04. The fraction of sp³-hybridized carbons (Fsp3) is 0.214. The van der Waals surface area contributed by atoms with Crippen molar-refractivity contribution in [2.45, 2.75) is 19.9 Å². The Balaban J connectivity index is 2.04. The first kappa shape index (κ1) is 13.0. The number of nitrogens with two attached hydrogens (primary N) is 1. The van der Waals surface area contributed by atoms with Crippen molar-refractivity contribution in [1.82, 2.24) is 10.2 Å². The molecule has 1 heterocycles. The molecule has 5 nitrogen and oxygen atoms in total. The summed E-state index contributed by atoms with van der Waals surface area (Å²) >= 11 is 0. The number of nitrogens with zero attached hydrogens (tertiary/aromatic N) is 2. The summed E-state index contributed by atoms with van der Waals surface area (Å²) in [5.41, 5.74) is 7.80. The van der Waals surface area contributed by atoms with Gasteiger partial charge in [-0.25, -0.2) is 0 Å². The number of benzene rings is 1. The number of carbonyl (C=O) groups excluding carboxylic acids is 1. The molecule has 1 aromatic heterocycles. The summed E-state index contributed by atoms with van der Waals surface area (Å²) in [6.45, 7) is 2.80. The average molecular weight is 256 g/mol. The van der Waals surface area contributed by atoms with Gasteiger partial charge in [-0.05, 0) is 29.7 Å². The number of aromatic nitrogens is 2. The molecule has 98 valence electrons. The highest BCUT2D eigenvalue weighted by atomic mass is 16.1. The molecule has 0 aliphatic rings. The molecular weight excluding hydrogens is 240 g/mol. The van der Waals surface area contributed by atoms with Gasteiger partial charge in [-0.3, -0.25) is 4.79 Å². The normalized spacial score (nSPS) is 10.2. The molecule has 2 rings (SSSR count). The maximum Gasteiger partial charge on any atom is 0.269 e. The highest BCUT2D eigenvalue weighted by molar-refractivity contribution is 5.90. The molecule has 0 aliphatic carbocycles. The van der Waals surface area contributed by atoms with Crippen LogP contribution in [0.15, 0.2) is 36.4 Å². The third-order valence-corrected chi connectivity index (χ3v) is 2.88. The highest BCUT2D eigenvalue weighted by Crippen LogP contribution is 2.11. The van der Waals surface area contributed by atoms with Crippen LogP contribution in [-0.2, 0) is 13.0 Å². The summed E-state index contributed by atoms with van der Waals surface area (Å²) in [6.07, 6.45) is 0.990. The third kappa shape index (κ3) is 3.28. The summed E-state index contributed by atoms with van der Waals surface area (Å²) in [4.78, 5) is 10.9. The Morgan fingerprint density at radius 2 is 1.89 bits per heavy atom. The van der Waals surface area contributed by atoms with Crippen LogP contribution in [0.1, 0.15) is 28.5 Å². The van der Waals surface area contributed by atoms with E-state index in [1.54, 1.807) is 12.1 Å². The molecule has 2 aromatic rings. The number of aryl methyl sites for hydroxylation is 1. The maximum atomic E-state index is 10.9. The van der Waals surface area contributed by atoms with Crippen LogP contribution in [0.5, 0.6) is 0 Å². The lowest BCUT2D eigenvalue weighted by Crippen LogP contribution is -2.14. The van der Waals surface area contributed by atoms with E-state index in [0.717, 1.165) is 6.42 Å². The Hall–Kier alpha value is -2.43. The van der Waals surface area contributed by atoms with Gasteiger partial charge in [0.15, 0.2) is 5.69 Å². The van der Waals surface area contributed by atoms with E-state index in [0.29, 0.717) is 12.4 Å². The lowest BCUT2D eigenvalue weighted by Gasteiger charge is -2.09. The molecule has 0 atom stereocenters. The summed E-state index contributed by atoms with van der Waals surface area (Å²) in [5, 5.41) is 10.8. The molecule has 1 amide bonds. The van der Waals surface area contributed by atoms with E-state index in [2.05, 4.69) is 34.6 Å². The fourth-order valence-electron chi connectivity index (χ4n) is 1.82. The number of carbonyl (C=O) groups is 1. The fourth-order valence-corrected chi connectivity index (χ4v) is 1.82. The molecule has 0 radical (unpaired) electrons. The maximum absolute atomic E-state index is 10.9. The first-order valence-corrected chi connectivity index (χ1v) is 6.15. The van der Waals surface area contributed by atoms with Gasteiger partial charge in [0.05, 0.1) is 0 Å². The lowest BCUT2D eigenvalue weighted by molar-refractivity contribution is 0.0994. The quantitative estimate of drug-likeness (QED) is 0.854. The van der Waals surface area contributed by atoms with Gasteiger partial charge in [0.2, 0.25) is 0 Å². The van der Waals surface area contributed by atoms with Crippen LogP contribution in [0.4, 0.5) is 5.82 Å². The van der Waals surface area contributed by atoms with Crippen molar-refractivity contribution in [3.63, 3.8) is 0 Å². The molecule has 0 aliphatic heterocycles. The number of primary amides is 1. The summed E-state index contributed by atoms with van der Waals surface area (Å²) in [5.74, 6) is 0.0475. The minimum absolute atomic E-state index is 0.166. The van der Waals surface area contributed by atoms with Crippen LogP contribution in [0.2, 0.25) is 0 Å². The van der Waals surface area contributed by atoms with Gasteiger partial charge in [0.25, 0.3) is 5.91 Å². The molecule has 0 fully saturated rings. The predicted octanol–water partition coefficient (Wildman–Crippen LogP) is 1.75. The topological polar surface area (TPSA) is 80.9 Å². The Kier molecular flexibility index (Phi) is 4.07. The van der Waals surface area contributed by atoms with E-state index in [1.165, 1.54) is 11.1 Å². The second-order valence-electron chi connectivity index (χ2n) is 4.14. The molecule has 3 N–H and O–H groups in total. The molecule has 0 spiro atoms. The lowest BCUT2D eigenvalue weighted by atomic mass is 10.1. The largest absolute Gasteiger partial charge is 0.364 e. The Bertz CT molecular complexity index is 566.